The highest BCUT2D eigenvalue weighted by molar-refractivity contribution is 6.31. The molecule has 6 nitrogen and oxygen atoms in total. The zero-order valence-corrected chi connectivity index (χ0v) is 24.4. The van der Waals surface area contributed by atoms with Crippen molar-refractivity contribution in [2.45, 2.75) is 40.0 Å². The molecule has 6 rings (SSSR count). The van der Waals surface area contributed by atoms with Crippen molar-refractivity contribution in [2.75, 3.05) is 6.61 Å². The van der Waals surface area contributed by atoms with E-state index in [0.29, 0.717) is 51.8 Å². The molecule has 1 aromatic heterocycles. The highest BCUT2D eigenvalue weighted by Gasteiger charge is 2.43. The number of ether oxygens (including phenoxy) is 2. The Labute approximate surface area is 249 Å². The van der Waals surface area contributed by atoms with E-state index in [2.05, 4.69) is 0 Å². The fraction of sp³-hybridized carbons (Fsp3) is 0.200. The lowest BCUT2D eigenvalue weighted by atomic mass is 9.97. The summed E-state index contributed by atoms with van der Waals surface area (Å²) in [5, 5.41) is 0.984. The predicted octanol–water partition coefficient (Wildman–Crippen LogP) is 7.79. The second kappa shape index (κ2) is 11.4. The van der Waals surface area contributed by atoms with Crippen LogP contribution in [0.15, 0.2) is 94.1 Å². The molecule has 1 unspecified atom stereocenters. The van der Waals surface area contributed by atoms with E-state index in [4.69, 9.17) is 25.5 Å². The average Bonchev–Trinajstić information content (AvgIpc) is 3.26. The Bertz CT molecular complexity index is 1860. The van der Waals surface area contributed by atoms with E-state index in [1.807, 2.05) is 99.6 Å². The zero-order chi connectivity index (χ0) is 29.4. The van der Waals surface area contributed by atoms with Gasteiger partial charge in [0.25, 0.3) is 5.91 Å². The van der Waals surface area contributed by atoms with Crippen LogP contribution in [0.5, 0.6) is 11.5 Å². The van der Waals surface area contributed by atoms with Crippen LogP contribution in [0.3, 0.4) is 0 Å². The van der Waals surface area contributed by atoms with Crippen molar-refractivity contribution < 1.29 is 18.7 Å². The van der Waals surface area contributed by atoms with Crippen LogP contribution in [-0.4, -0.2) is 17.4 Å². The fourth-order valence-electron chi connectivity index (χ4n) is 5.41. The number of carbonyl (C=O) groups excluding carboxylic acids is 1. The molecule has 2 heterocycles. The average molecular weight is 580 g/mol. The third-order valence-electron chi connectivity index (χ3n) is 7.70. The van der Waals surface area contributed by atoms with Crippen molar-refractivity contribution in [3.63, 3.8) is 0 Å². The van der Waals surface area contributed by atoms with Gasteiger partial charge in [-0.25, -0.2) is 0 Å². The second-order valence-electron chi connectivity index (χ2n) is 10.4. The van der Waals surface area contributed by atoms with E-state index >= 15 is 0 Å². The van der Waals surface area contributed by atoms with Crippen molar-refractivity contribution >= 4 is 28.5 Å². The summed E-state index contributed by atoms with van der Waals surface area (Å²) in [5.41, 5.74) is 4.94. The molecule has 1 atom stereocenters. The standard InChI is InChI=1S/C35H30ClNO5/c1-4-40-30-18-24(14-15-28(30)41-20-23-10-6-5-7-11-23)32-31-33(38)26-16-21(2)22(3)17-29(26)42-34(31)35(39)37(32)19-25-12-8-9-13-27(25)36/h5-18,32H,4,19-20H2,1-3H3. The molecule has 0 fully saturated rings. The van der Waals surface area contributed by atoms with E-state index in [0.717, 1.165) is 22.3 Å². The minimum absolute atomic E-state index is 0.0511. The number of nitrogens with zero attached hydrogens (tertiary/aromatic N) is 1. The van der Waals surface area contributed by atoms with Crippen molar-refractivity contribution in [3.8, 4) is 11.5 Å². The molecule has 0 spiro atoms. The first-order valence-electron chi connectivity index (χ1n) is 13.9. The van der Waals surface area contributed by atoms with Crippen molar-refractivity contribution in [3.05, 3.63) is 139 Å². The maximum atomic E-state index is 14.1. The van der Waals surface area contributed by atoms with Crippen LogP contribution in [-0.2, 0) is 13.2 Å². The Morgan fingerprint density at radius 2 is 1.60 bits per heavy atom. The molecule has 0 saturated heterocycles. The number of fused-ring (bicyclic) bond motifs is 2. The molecule has 7 heteroatoms. The Balaban J connectivity index is 1.48. The number of hydrogen-bond acceptors (Lipinski definition) is 5. The van der Waals surface area contributed by atoms with Gasteiger partial charge in [0.2, 0.25) is 5.76 Å². The molecular weight excluding hydrogens is 550 g/mol. The first-order chi connectivity index (χ1) is 20.4. The SMILES string of the molecule is CCOc1cc(C2c3c(oc4cc(C)c(C)cc4c3=O)C(=O)N2Cc2ccccc2Cl)ccc1OCc1ccccc1. The zero-order valence-electron chi connectivity index (χ0n) is 23.6. The first-order valence-corrected chi connectivity index (χ1v) is 14.3. The van der Waals surface area contributed by atoms with Crippen LogP contribution in [0.1, 0.15) is 56.9 Å². The maximum absolute atomic E-state index is 14.1. The number of carbonyl (C=O) groups is 1. The molecule has 1 amide bonds. The highest BCUT2D eigenvalue weighted by Crippen LogP contribution is 2.42. The molecule has 5 aromatic rings. The summed E-state index contributed by atoms with van der Waals surface area (Å²) >= 11 is 6.52. The molecule has 0 aliphatic carbocycles. The molecule has 0 bridgehead atoms. The second-order valence-corrected chi connectivity index (χ2v) is 10.9. The van der Waals surface area contributed by atoms with Gasteiger partial charge in [-0.05, 0) is 78.9 Å². The van der Waals surface area contributed by atoms with Gasteiger partial charge in [0.1, 0.15) is 12.2 Å². The summed E-state index contributed by atoms with van der Waals surface area (Å²) in [6.07, 6.45) is 0. The summed E-state index contributed by atoms with van der Waals surface area (Å²) in [6.45, 7) is 6.79. The predicted molar refractivity (Wildman–Crippen MR) is 164 cm³/mol. The Kier molecular flexibility index (Phi) is 7.48. The lowest BCUT2D eigenvalue weighted by molar-refractivity contribution is 0.0714. The monoisotopic (exact) mass is 579 g/mol. The van der Waals surface area contributed by atoms with Crippen LogP contribution in [0.2, 0.25) is 5.02 Å². The van der Waals surface area contributed by atoms with Crippen LogP contribution in [0, 0.1) is 13.8 Å². The van der Waals surface area contributed by atoms with E-state index in [1.54, 1.807) is 11.0 Å². The van der Waals surface area contributed by atoms with Crippen LogP contribution >= 0.6 is 11.6 Å². The summed E-state index contributed by atoms with van der Waals surface area (Å²) in [4.78, 5) is 29.7. The lowest BCUT2D eigenvalue weighted by Crippen LogP contribution is -2.29. The first kappa shape index (κ1) is 27.6. The van der Waals surface area contributed by atoms with Crippen molar-refractivity contribution in [2.24, 2.45) is 0 Å². The van der Waals surface area contributed by atoms with Gasteiger partial charge in [0.05, 0.1) is 23.6 Å². The summed E-state index contributed by atoms with van der Waals surface area (Å²) in [7, 11) is 0. The molecular formula is C35H30ClNO5. The van der Waals surface area contributed by atoms with Gasteiger partial charge >= 0.3 is 0 Å². The minimum Gasteiger partial charge on any atom is -0.490 e. The van der Waals surface area contributed by atoms with Gasteiger partial charge in [-0.3, -0.25) is 9.59 Å². The van der Waals surface area contributed by atoms with Gasteiger partial charge in [-0.1, -0.05) is 66.2 Å². The van der Waals surface area contributed by atoms with Gasteiger partial charge in [-0.15, -0.1) is 0 Å². The Morgan fingerprint density at radius 1 is 0.857 bits per heavy atom. The van der Waals surface area contributed by atoms with Gasteiger partial charge in [-0.2, -0.15) is 0 Å². The van der Waals surface area contributed by atoms with Crippen LogP contribution < -0.4 is 14.9 Å². The lowest BCUT2D eigenvalue weighted by Gasteiger charge is -2.26. The number of amides is 1. The van der Waals surface area contributed by atoms with Crippen molar-refractivity contribution in [1.82, 2.24) is 4.90 Å². The van der Waals surface area contributed by atoms with E-state index in [-0.39, 0.29) is 23.6 Å². The van der Waals surface area contributed by atoms with Gasteiger partial charge < -0.3 is 18.8 Å². The highest BCUT2D eigenvalue weighted by atomic mass is 35.5. The summed E-state index contributed by atoms with van der Waals surface area (Å²) < 4.78 is 18.3. The number of halogens is 1. The van der Waals surface area contributed by atoms with E-state index in [9.17, 15) is 9.59 Å². The van der Waals surface area contributed by atoms with E-state index in [1.165, 1.54) is 0 Å². The van der Waals surface area contributed by atoms with Crippen molar-refractivity contribution in [1.29, 1.82) is 0 Å². The topological polar surface area (TPSA) is 69.0 Å². The van der Waals surface area contributed by atoms with Gasteiger partial charge in [0.15, 0.2) is 16.9 Å². The smallest absolute Gasteiger partial charge is 0.291 e. The van der Waals surface area contributed by atoms with Crippen LogP contribution in [0.4, 0.5) is 0 Å². The van der Waals surface area contributed by atoms with Gasteiger partial charge in [0, 0.05) is 11.6 Å². The normalized spacial score (nSPS) is 14.3. The van der Waals surface area contributed by atoms with E-state index < -0.39 is 6.04 Å². The number of rotatable bonds is 8. The molecule has 0 radical (unpaired) electrons. The minimum atomic E-state index is -0.714. The fourth-order valence-corrected chi connectivity index (χ4v) is 5.61. The third-order valence-corrected chi connectivity index (χ3v) is 8.07. The molecule has 1 aliphatic heterocycles. The van der Waals surface area contributed by atoms with Crippen LogP contribution in [0.25, 0.3) is 11.0 Å². The number of benzene rings is 4. The molecule has 1 aliphatic rings. The third kappa shape index (κ3) is 5.03. The summed E-state index contributed by atoms with van der Waals surface area (Å²) in [6, 6.07) is 25.7. The number of aryl methyl sites for hydroxylation is 2. The molecule has 0 saturated carbocycles. The largest absolute Gasteiger partial charge is 0.490 e. The Hall–Kier alpha value is -4.55. The number of hydrogen-bond donors (Lipinski definition) is 0. The molecule has 4 aromatic carbocycles. The molecule has 0 N–H and O–H groups in total. The maximum Gasteiger partial charge on any atom is 0.291 e. The molecule has 212 valence electrons. The molecule has 42 heavy (non-hydrogen) atoms. The summed E-state index contributed by atoms with van der Waals surface area (Å²) in [5.74, 6) is 0.786. The Morgan fingerprint density at radius 3 is 2.36 bits per heavy atom. The quantitative estimate of drug-likeness (QED) is 0.188.